The van der Waals surface area contributed by atoms with Gasteiger partial charge in [0.25, 0.3) is 0 Å². The maximum absolute atomic E-state index is 13.7. The predicted octanol–water partition coefficient (Wildman–Crippen LogP) is 6.05. The Kier molecular flexibility index (Phi) is 8.00. The van der Waals surface area contributed by atoms with Crippen molar-refractivity contribution in [3.8, 4) is 0 Å². The monoisotopic (exact) mass is 502 g/mol. The number of amides is 2. The third kappa shape index (κ3) is 6.79. The number of nitrogens with one attached hydrogen (secondary N) is 1. The summed E-state index contributed by atoms with van der Waals surface area (Å²) in [6.07, 6.45) is 6.35. The lowest BCUT2D eigenvalue weighted by Crippen LogP contribution is -2.36. The van der Waals surface area contributed by atoms with E-state index in [0.717, 1.165) is 41.9 Å². The Hall–Kier alpha value is -3.61. The minimum atomic E-state index is -0.565. The van der Waals surface area contributed by atoms with Crippen molar-refractivity contribution in [1.82, 2.24) is 14.9 Å². The van der Waals surface area contributed by atoms with Crippen LogP contribution in [-0.4, -0.2) is 27.2 Å². The minimum absolute atomic E-state index is 0.0340. The zero-order chi connectivity index (χ0) is 26.6. The molecule has 1 N–H and O–H groups in total. The number of anilines is 1. The van der Waals surface area contributed by atoms with Gasteiger partial charge in [-0.05, 0) is 74.8 Å². The summed E-state index contributed by atoms with van der Waals surface area (Å²) in [5, 5.41) is 3.05. The van der Waals surface area contributed by atoms with Crippen LogP contribution in [-0.2, 0) is 29.5 Å². The number of rotatable bonds is 7. The van der Waals surface area contributed by atoms with E-state index in [-0.39, 0.29) is 17.9 Å². The van der Waals surface area contributed by atoms with Crippen LogP contribution in [0.25, 0.3) is 0 Å². The third-order valence-corrected chi connectivity index (χ3v) is 6.82. The molecule has 1 heterocycles. The van der Waals surface area contributed by atoms with E-state index in [1.54, 1.807) is 6.20 Å². The molecule has 37 heavy (non-hydrogen) atoms. The highest BCUT2D eigenvalue weighted by atomic mass is 16.6. The van der Waals surface area contributed by atoms with Crippen molar-refractivity contribution in [3.63, 3.8) is 0 Å². The van der Waals surface area contributed by atoms with Gasteiger partial charge in [-0.15, -0.1) is 0 Å². The SMILES string of the molecule is CC(CC(=O)N(Cc1nccn1C)c1ccc2c(c1)C(NC(=O)OC(C)(C)C)CCC2)c1ccccc1. The summed E-state index contributed by atoms with van der Waals surface area (Å²) >= 11 is 0. The molecule has 2 unspecified atom stereocenters. The number of nitrogens with zero attached hydrogens (tertiary/aromatic N) is 3. The van der Waals surface area contributed by atoms with E-state index in [1.165, 1.54) is 5.56 Å². The molecular formula is C30H38N4O3. The molecule has 1 aromatic heterocycles. The maximum Gasteiger partial charge on any atom is 0.408 e. The van der Waals surface area contributed by atoms with Crippen LogP contribution in [0.2, 0.25) is 0 Å². The van der Waals surface area contributed by atoms with Gasteiger partial charge in [0.2, 0.25) is 5.91 Å². The van der Waals surface area contributed by atoms with E-state index in [9.17, 15) is 9.59 Å². The molecule has 2 atom stereocenters. The second-order valence-corrected chi connectivity index (χ2v) is 10.9. The second-order valence-electron chi connectivity index (χ2n) is 10.9. The number of benzene rings is 2. The van der Waals surface area contributed by atoms with Gasteiger partial charge in [0.15, 0.2) is 0 Å². The van der Waals surface area contributed by atoms with Crippen LogP contribution in [0, 0.1) is 0 Å². The number of hydrogen-bond acceptors (Lipinski definition) is 4. The zero-order valence-corrected chi connectivity index (χ0v) is 22.5. The van der Waals surface area contributed by atoms with Gasteiger partial charge < -0.3 is 19.5 Å². The van der Waals surface area contributed by atoms with Crippen molar-refractivity contribution in [1.29, 1.82) is 0 Å². The molecule has 196 valence electrons. The quantitative estimate of drug-likeness (QED) is 0.427. The number of imidazole rings is 1. The Morgan fingerprint density at radius 3 is 2.62 bits per heavy atom. The van der Waals surface area contributed by atoms with E-state index >= 15 is 0 Å². The number of ether oxygens (including phenoxy) is 1. The summed E-state index contributed by atoms with van der Waals surface area (Å²) in [5.41, 5.74) is 3.62. The zero-order valence-electron chi connectivity index (χ0n) is 22.5. The lowest BCUT2D eigenvalue weighted by atomic mass is 9.87. The van der Waals surface area contributed by atoms with Gasteiger partial charge in [-0.3, -0.25) is 4.79 Å². The third-order valence-electron chi connectivity index (χ3n) is 6.82. The Balaban J connectivity index is 1.62. The number of alkyl carbamates (subject to hydrolysis) is 1. The van der Waals surface area contributed by atoms with Gasteiger partial charge in [0.1, 0.15) is 11.4 Å². The fourth-order valence-corrected chi connectivity index (χ4v) is 4.84. The van der Waals surface area contributed by atoms with Crippen molar-refractivity contribution in [2.45, 2.75) is 77.5 Å². The summed E-state index contributed by atoms with van der Waals surface area (Å²) in [6.45, 7) is 8.03. The minimum Gasteiger partial charge on any atom is -0.444 e. The molecule has 2 amide bonds. The number of hydrogen-bond donors (Lipinski definition) is 1. The van der Waals surface area contributed by atoms with E-state index in [4.69, 9.17) is 4.74 Å². The van der Waals surface area contributed by atoms with Gasteiger partial charge in [-0.2, -0.15) is 0 Å². The van der Waals surface area contributed by atoms with E-state index in [0.29, 0.717) is 13.0 Å². The first-order valence-corrected chi connectivity index (χ1v) is 13.0. The molecule has 0 bridgehead atoms. The largest absolute Gasteiger partial charge is 0.444 e. The van der Waals surface area contributed by atoms with Crippen molar-refractivity contribution < 1.29 is 14.3 Å². The van der Waals surface area contributed by atoms with E-state index < -0.39 is 11.7 Å². The van der Waals surface area contributed by atoms with Crippen LogP contribution in [0.1, 0.15) is 81.4 Å². The summed E-state index contributed by atoms with van der Waals surface area (Å²) in [5.74, 6) is 0.922. The molecular weight excluding hydrogens is 464 g/mol. The Bertz CT molecular complexity index is 1230. The first-order valence-electron chi connectivity index (χ1n) is 13.0. The Morgan fingerprint density at radius 1 is 1.19 bits per heavy atom. The molecule has 0 aliphatic heterocycles. The van der Waals surface area contributed by atoms with Crippen molar-refractivity contribution in [2.24, 2.45) is 7.05 Å². The molecule has 1 aliphatic rings. The summed E-state index contributed by atoms with van der Waals surface area (Å²) in [6, 6.07) is 16.1. The molecule has 0 saturated heterocycles. The van der Waals surface area contributed by atoms with Gasteiger partial charge in [0, 0.05) is 31.5 Å². The highest BCUT2D eigenvalue weighted by molar-refractivity contribution is 5.94. The highest BCUT2D eigenvalue weighted by Crippen LogP contribution is 2.34. The van der Waals surface area contributed by atoms with Crippen LogP contribution in [0.4, 0.5) is 10.5 Å². The Labute approximate surface area is 219 Å². The maximum atomic E-state index is 13.7. The average molecular weight is 503 g/mol. The molecule has 3 aromatic rings. The fourth-order valence-electron chi connectivity index (χ4n) is 4.84. The van der Waals surface area contributed by atoms with Crippen molar-refractivity contribution in [2.75, 3.05) is 4.90 Å². The van der Waals surface area contributed by atoms with Crippen molar-refractivity contribution in [3.05, 3.63) is 83.4 Å². The number of carbonyl (C=O) groups excluding carboxylic acids is 2. The molecule has 1 aliphatic carbocycles. The standard InChI is InChI=1S/C30H38N4O3/c1-21(22-10-7-6-8-11-22)18-28(35)34(20-27-31-16-17-33(27)5)24-15-14-23-12-9-13-26(25(23)19-24)32-29(36)37-30(2,3)4/h6-8,10-11,14-17,19,21,26H,9,12-13,18,20H2,1-5H3,(H,32,36). The number of fused-ring (bicyclic) bond motifs is 1. The molecule has 0 saturated carbocycles. The lowest BCUT2D eigenvalue weighted by molar-refractivity contribution is -0.119. The van der Waals surface area contributed by atoms with Gasteiger partial charge in [-0.1, -0.05) is 43.3 Å². The topological polar surface area (TPSA) is 76.5 Å². The normalized spacial score (nSPS) is 16.0. The summed E-state index contributed by atoms with van der Waals surface area (Å²) in [4.78, 5) is 32.6. The second kappa shape index (κ2) is 11.2. The predicted molar refractivity (Wildman–Crippen MR) is 145 cm³/mol. The van der Waals surface area contributed by atoms with E-state index in [2.05, 4.69) is 41.5 Å². The van der Waals surface area contributed by atoms with Crippen LogP contribution < -0.4 is 10.2 Å². The van der Waals surface area contributed by atoms with Gasteiger partial charge in [-0.25, -0.2) is 9.78 Å². The molecule has 0 fully saturated rings. The average Bonchev–Trinajstić information content (AvgIpc) is 3.26. The van der Waals surface area contributed by atoms with E-state index in [1.807, 2.05) is 67.7 Å². The summed E-state index contributed by atoms with van der Waals surface area (Å²) < 4.78 is 7.45. The fraction of sp³-hybridized carbons (Fsp3) is 0.433. The smallest absolute Gasteiger partial charge is 0.408 e. The van der Waals surface area contributed by atoms with Crippen LogP contribution in [0.15, 0.2) is 60.9 Å². The van der Waals surface area contributed by atoms with Gasteiger partial charge in [0.05, 0.1) is 12.6 Å². The molecule has 4 rings (SSSR count). The first kappa shape index (κ1) is 26.5. The number of aromatic nitrogens is 2. The van der Waals surface area contributed by atoms with Crippen LogP contribution in [0.5, 0.6) is 0 Å². The Morgan fingerprint density at radius 2 is 1.95 bits per heavy atom. The lowest BCUT2D eigenvalue weighted by Gasteiger charge is -2.30. The molecule has 2 aromatic carbocycles. The number of aryl methyl sites for hydroxylation is 2. The molecule has 0 radical (unpaired) electrons. The van der Waals surface area contributed by atoms with Crippen LogP contribution in [0.3, 0.4) is 0 Å². The molecule has 7 heteroatoms. The summed E-state index contributed by atoms with van der Waals surface area (Å²) in [7, 11) is 1.94. The first-order chi connectivity index (χ1) is 17.6. The molecule has 7 nitrogen and oxygen atoms in total. The van der Waals surface area contributed by atoms with Gasteiger partial charge >= 0.3 is 6.09 Å². The van der Waals surface area contributed by atoms with Crippen molar-refractivity contribution >= 4 is 17.7 Å². The molecule has 0 spiro atoms. The highest BCUT2D eigenvalue weighted by Gasteiger charge is 2.27. The number of carbonyl (C=O) groups is 2. The van der Waals surface area contributed by atoms with Crippen LogP contribution >= 0.6 is 0 Å².